The number of aromatic nitrogens is 2. The van der Waals surface area contributed by atoms with E-state index in [0.29, 0.717) is 11.6 Å². The zero-order valence-corrected chi connectivity index (χ0v) is 7.95. The minimum absolute atomic E-state index is 0.0598. The van der Waals surface area contributed by atoms with Gasteiger partial charge in [-0.05, 0) is 6.92 Å². The lowest BCUT2D eigenvalue weighted by Gasteiger charge is -2.05. The zero-order valence-electron chi connectivity index (χ0n) is 7.95. The van der Waals surface area contributed by atoms with Crippen molar-refractivity contribution in [2.45, 2.75) is 6.92 Å². The molecule has 0 aliphatic carbocycles. The molecule has 1 rings (SSSR count). The molecule has 1 aromatic heterocycles. The summed E-state index contributed by atoms with van der Waals surface area (Å²) in [7, 11) is 0. The van der Waals surface area contributed by atoms with Crippen LogP contribution in [0.4, 0.5) is 11.6 Å². The summed E-state index contributed by atoms with van der Waals surface area (Å²) in [5.74, 6) is 0.768. The number of rotatable bonds is 5. The summed E-state index contributed by atoms with van der Waals surface area (Å²) in [6.45, 7) is 2.80. The smallest absolute Gasteiger partial charge is 0.236 e. The Bertz CT molecular complexity index is 314. The second kappa shape index (κ2) is 5.00. The largest absolute Gasteiger partial charge is 0.369 e. The van der Waals surface area contributed by atoms with Gasteiger partial charge in [-0.1, -0.05) is 0 Å². The predicted octanol–water partition coefficient (Wildman–Crippen LogP) is -0.194. The lowest BCUT2D eigenvalue weighted by atomic mass is 10.5. The Morgan fingerprint density at radius 2 is 2.07 bits per heavy atom. The Hall–Kier alpha value is -1.85. The van der Waals surface area contributed by atoms with E-state index in [4.69, 9.17) is 5.73 Å². The van der Waals surface area contributed by atoms with Gasteiger partial charge in [-0.2, -0.15) is 0 Å². The van der Waals surface area contributed by atoms with Gasteiger partial charge in [0.2, 0.25) is 5.91 Å². The van der Waals surface area contributed by atoms with E-state index < -0.39 is 5.91 Å². The van der Waals surface area contributed by atoms with E-state index in [0.717, 1.165) is 6.54 Å². The second-order valence-corrected chi connectivity index (χ2v) is 2.64. The topological polar surface area (TPSA) is 92.9 Å². The lowest BCUT2D eigenvalue weighted by Crippen LogP contribution is -2.22. The highest BCUT2D eigenvalue weighted by atomic mass is 16.1. The molecule has 1 aromatic rings. The molecule has 0 aliphatic rings. The molecule has 0 unspecified atom stereocenters. The van der Waals surface area contributed by atoms with Crippen molar-refractivity contribution in [1.82, 2.24) is 9.97 Å². The summed E-state index contributed by atoms with van der Waals surface area (Å²) in [5.41, 5.74) is 4.97. The molecule has 0 atom stereocenters. The molecule has 0 aromatic carbocycles. The maximum absolute atomic E-state index is 10.5. The highest BCUT2D eigenvalue weighted by Crippen LogP contribution is 2.05. The minimum Gasteiger partial charge on any atom is -0.369 e. The molecule has 1 heterocycles. The summed E-state index contributed by atoms with van der Waals surface area (Å²) in [6, 6.07) is 0. The van der Waals surface area contributed by atoms with Crippen LogP contribution in [-0.4, -0.2) is 29.0 Å². The number of hydrogen-bond acceptors (Lipinski definition) is 5. The predicted molar refractivity (Wildman–Crippen MR) is 53.9 cm³/mol. The molecule has 0 saturated carbocycles. The van der Waals surface area contributed by atoms with Gasteiger partial charge in [0.05, 0.1) is 18.9 Å². The fourth-order valence-corrected chi connectivity index (χ4v) is 0.895. The fourth-order valence-electron chi connectivity index (χ4n) is 0.895. The van der Waals surface area contributed by atoms with E-state index in [9.17, 15) is 4.79 Å². The van der Waals surface area contributed by atoms with Gasteiger partial charge < -0.3 is 16.4 Å². The molecule has 0 fully saturated rings. The lowest BCUT2D eigenvalue weighted by molar-refractivity contribution is -0.116. The van der Waals surface area contributed by atoms with Crippen LogP contribution < -0.4 is 16.4 Å². The molecule has 14 heavy (non-hydrogen) atoms. The van der Waals surface area contributed by atoms with Crippen molar-refractivity contribution < 1.29 is 4.79 Å². The van der Waals surface area contributed by atoms with Crippen molar-refractivity contribution in [2.75, 3.05) is 23.7 Å². The molecule has 1 amide bonds. The average molecular weight is 195 g/mol. The maximum Gasteiger partial charge on any atom is 0.236 e. The molecule has 0 aliphatic heterocycles. The van der Waals surface area contributed by atoms with Crippen LogP contribution in [-0.2, 0) is 4.79 Å². The van der Waals surface area contributed by atoms with Crippen LogP contribution in [0.15, 0.2) is 12.4 Å². The number of anilines is 2. The van der Waals surface area contributed by atoms with Crippen LogP contribution in [0.3, 0.4) is 0 Å². The van der Waals surface area contributed by atoms with Crippen molar-refractivity contribution >= 4 is 17.5 Å². The van der Waals surface area contributed by atoms with Gasteiger partial charge in [0, 0.05) is 6.54 Å². The third-order valence-electron chi connectivity index (χ3n) is 1.44. The molecule has 0 bridgehead atoms. The summed E-state index contributed by atoms with van der Waals surface area (Å²) in [6.07, 6.45) is 3.14. The van der Waals surface area contributed by atoms with Crippen molar-refractivity contribution in [3.8, 4) is 0 Å². The zero-order chi connectivity index (χ0) is 10.4. The summed E-state index contributed by atoms with van der Waals surface area (Å²) < 4.78 is 0. The standard InChI is InChI=1S/C8H13N5O/c1-2-11-7-4-10-5-8(13-7)12-3-6(9)14/h4-5H,2-3H2,1H3,(H2,9,14)(H2,11,12,13). The number of carbonyl (C=O) groups is 1. The summed E-state index contributed by atoms with van der Waals surface area (Å²) in [4.78, 5) is 18.6. The van der Waals surface area contributed by atoms with Crippen molar-refractivity contribution in [1.29, 1.82) is 0 Å². The van der Waals surface area contributed by atoms with Gasteiger partial charge >= 0.3 is 0 Å². The van der Waals surface area contributed by atoms with Gasteiger partial charge in [0.1, 0.15) is 11.6 Å². The first-order valence-corrected chi connectivity index (χ1v) is 4.30. The van der Waals surface area contributed by atoms with E-state index >= 15 is 0 Å². The summed E-state index contributed by atoms with van der Waals surface area (Å²) >= 11 is 0. The highest BCUT2D eigenvalue weighted by molar-refractivity contribution is 5.78. The van der Waals surface area contributed by atoms with Crippen LogP contribution in [0.2, 0.25) is 0 Å². The quantitative estimate of drug-likeness (QED) is 0.605. The normalized spacial score (nSPS) is 9.50. The first-order chi connectivity index (χ1) is 6.72. The van der Waals surface area contributed by atoms with Gasteiger partial charge in [-0.3, -0.25) is 9.78 Å². The van der Waals surface area contributed by atoms with Gasteiger partial charge in [0.25, 0.3) is 0 Å². The molecule has 6 heteroatoms. The van der Waals surface area contributed by atoms with Crippen LogP contribution in [0.5, 0.6) is 0 Å². The number of nitrogens with zero attached hydrogens (tertiary/aromatic N) is 2. The highest BCUT2D eigenvalue weighted by Gasteiger charge is 1.98. The molecule has 4 N–H and O–H groups in total. The first-order valence-electron chi connectivity index (χ1n) is 4.30. The van der Waals surface area contributed by atoms with Crippen LogP contribution in [0, 0.1) is 0 Å². The monoisotopic (exact) mass is 195 g/mol. The number of carbonyl (C=O) groups excluding carboxylic acids is 1. The van der Waals surface area contributed by atoms with Crippen LogP contribution in [0.1, 0.15) is 6.92 Å². The third-order valence-corrected chi connectivity index (χ3v) is 1.44. The third kappa shape index (κ3) is 3.26. The molecule has 76 valence electrons. The van der Waals surface area contributed by atoms with E-state index in [1.165, 1.54) is 6.20 Å². The molecule has 0 spiro atoms. The van der Waals surface area contributed by atoms with Gasteiger partial charge in [-0.15, -0.1) is 0 Å². The average Bonchev–Trinajstić information content (AvgIpc) is 2.16. The summed E-state index contributed by atoms with van der Waals surface area (Å²) in [5, 5.41) is 5.76. The van der Waals surface area contributed by atoms with Crippen molar-refractivity contribution in [2.24, 2.45) is 5.73 Å². The molecule has 0 saturated heterocycles. The maximum atomic E-state index is 10.5. The molecular weight excluding hydrogens is 182 g/mol. The number of nitrogens with two attached hydrogens (primary N) is 1. The van der Waals surface area contributed by atoms with E-state index in [-0.39, 0.29) is 6.54 Å². The van der Waals surface area contributed by atoms with E-state index in [1.54, 1.807) is 6.20 Å². The Labute approximate surface area is 81.9 Å². The van der Waals surface area contributed by atoms with Gasteiger partial charge in [0.15, 0.2) is 0 Å². The van der Waals surface area contributed by atoms with E-state index in [2.05, 4.69) is 20.6 Å². The fraction of sp³-hybridized carbons (Fsp3) is 0.375. The Morgan fingerprint density at radius 1 is 1.43 bits per heavy atom. The van der Waals surface area contributed by atoms with Crippen LogP contribution >= 0.6 is 0 Å². The Kier molecular flexibility index (Phi) is 3.66. The Morgan fingerprint density at radius 3 is 2.64 bits per heavy atom. The van der Waals surface area contributed by atoms with Gasteiger partial charge in [-0.25, -0.2) is 4.98 Å². The van der Waals surface area contributed by atoms with Crippen LogP contribution in [0.25, 0.3) is 0 Å². The SMILES string of the molecule is CCNc1cncc(NCC(N)=O)n1. The van der Waals surface area contributed by atoms with E-state index in [1.807, 2.05) is 6.92 Å². The second-order valence-electron chi connectivity index (χ2n) is 2.64. The van der Waals surface area contributed by atoms with Crippen molar-refractivity contribution in [3.05, 3.63) is 12.4 Å². The Balaban J connectivity index is 2.58. The molecule has 0 radical (unpaired) electrons. The number of hydrogen-bond donors (Lipinski definition) is 3. The minimum atomic E-state index is -0.430. The first kappa shape index (κ1) is 10.2. The van der Waals surface area contributed by atoms with Crippen molar-refractivity contribution in [3.63, 3.8) is 0 Å². The molecular formula is C8H13N5O. The number of primary amides is 1. The molecule has 6 nitrogen and oxygen atoms in total. The number of amides is 1. The number of nitrogens with one attached hydrogen (secondary N) is 2.